The van der Waals surface area contributed by atoms with Crippen molar-refractivity contribution in [1.29, 1.82) is 0 Å². The number of amides is 1. The third kappa shape index (κ3) is 3.48. The molecule has 0 aliphatic carbocycles. The maximum Gasteiger partial charge on any atom is 0.295 e. The average Bonchev–Trinajstić information content (AvgIpc) is 3.12. The van der Waals surface area contributed by atoms with Crippen LogP contribution in [0, 0.1) is 0 Å². The first-order valence-corrected chi connectivity index (χ1v) is 11.2. The maximum absolute atomic E-state index is 13.6. The highest BCUT2D eigenvalue weighted by molar-refractivity contribution is 9.10. The summed E-state index contributed by atoms with van der Waals surface area (Å²) >= 11 is 9.57. The molecule has 33 heavy (non-hydrogen) atoms. The largest absolute Gasteiger partial charge is 0.493 e. The van der Waals surface area contributed by atoms with Crippen LogP contribution in [0.25, 0.3) is 11.0 Å². The van der Waals surface area contributed by atoms with Crippen molar-refractivity contribution in [1.82, 2.24) is 0 Å². The van der Waals surface area contributed by atoms with Crippen molar-refractivity contribution in [3.63, 3.8) is 0 Å². The summed E-state index contributed by atoms with van der Waals surface area (Å²) in [6.07, 6.45) is 0. The number of carbonyl (C=O) groups excluding carboxylic acids is 1. The van der Waals surface area contributed by atoms with Crippen molar-refractivity contribution in [3.05, 3.63) is 97.3 Å². The van der Waals surface area contributed by atoms with Gasteiger partial charge in [-0.3, -0.25) is 14.5 Å². The summed E-state index contributed by atoms with van der Waals surface area (Å²) < 4.78 is 17.7. The Bertz CT molecular complexity index is 1460. The van der Waals surface area contributed by atoms with E-state index in [1.165, 1.54) is 7.11 Å². The van der Waals surface area contributed by atoms with Crippen molar-refractivity contribution >= 4 is 50.1 Å². The molecular weight excluding hydrogens is 510 g/mol. The fourth-order valence-electron chi connectivity index (χ4n) is 4.15. The lowest BCUT2D eigenvalue weighted by atomic mass is 9.97. The Hall–Kier alpha value is -3.29. The second kappa shape index (κ2) is 8.24. The molecule has 1 unspecified atom stereocenters. The molecule has 166 valence electrons. The van der Waals surface area contributed by atoms with Gasteiger partial charge in [0.2, 0.25) is 5.76 Å². The number of ether oxygens (including phenoxy) is 2. The van der Waals surface area contributed by atoms with E-state index in [1.807, 2.05) is 30.3 Å². The zero-order valence-corrected chi connectivity index (χ0v) is 19.9. The van der Waals surface area contributed by atoms with E-state index in [2.05, 4.69) is 15.9 Å². The van der Waals surface area contributed by atoms with E-state index in [0.29, 0.717) is 38.7 Å². The molecule has 0 spiro atoms. The minimum atomic E-state index is -0.729. The van der Waals surface area contributed by atoms with E-state index in [1.54, 1.807) is 42.3 Å². The van der Waals surface area contributed by atoms with Crippen LogP contribution in [0.15, 0.2) is 74.3 Å². The lowest BCUT2D eigenvalue weighted by molar-refractivity contribution is 0.0971. The Balaban J connectivity index is 1.81. The molecule has 0 N–H and O–H groups in total. The van der Waals surface area contributed by atoms with Crippen LogP contribution in [0.2, 0.25) is 5.02 Å². The number of hydrogen-bond acceptors (Lipinski definition) is 5. The van der Waals surface area contributed by atoms with Crippen LogP contribution in [0.4, 0.5) is 5.69 Å². The monoisotopic (exact) mass is 525 g/mol. The molecule has 0 saturated heterocycles. The van der Waals surface area contributed by atoms with E-state index in [9.17, 15) is 9.59 Å². The standard InChI is InChI=1S/C25H17BrClNO5/c1-31-19-9-3-13(11-20(19)32-2)22-21-23(29)17-12-15(27)6-10-18(17)33-24(21)25(30)28(22)16-7-4-14(26)5-8-16/h3-12,22H,1-2H3. The Kier molecular flexibility index (Phi) is 5.38. The van der Waals surface area contributed by atoms with Crippen LogP contribution in [0.5, 0.6) is 11.5 Å². The Morgan fingerprint density at radius 3 is 2.36 bits per heavy atom. The van der Waals surface area contributed by atoms with Crippen LogP contribution < -0.4 is 19.8 Å². The third-order valence-corrected chi connectivity index (χ3v) is 6.42. The molecule has 2 heterocycles. The number of rotatable bonds is 4. The smallest absolute Gasteiger partial charge is 0.295 e. The third-order valence-electron chi connectivity index (χ3n) is 5.66. The summed E-state index contributed by atoms with van der Waals surface area (Å²) in [5.74, 6) is 0.636. The molecule has 1 aliphatic heterocycles. The van der Waals surface area contributed by atoms with E-state index in [-0.39, 0.29) is 16.8 Å². The first kappa shape index (κ1) is 21.6. The summed E-state index contributed by atoms with van der Waals surface area (Å²) in [5, 5.41) is 0.726. The van der Waals surface area contributed by atoms with Gasteiger partial charge in [-0.25, -0.2) is 0 Å². The molecule has 0 saturated carbocycles. The second-order valence-corrected chi connectivity index (χ2v) is 8.84. The molecule has 1 aromatic heterocycles. The van der Waals surface area contributed by atoms with Gasteiger partial charge in [-0.2, -0.15) is 0 Å². The zero-order valence-electron chi connectivity index (χ0n) is 17.6. The molecule has 0 bridgehead atoms. The van der Waals surface area contributed by atoms with Gasteiger partial charge in [0.1, 0.15) is 5.58 Å². The SMILES string of the molecule is COc1ccc(C2c3c(oc4ccc(Cl)cc4c3=O)C(=O)N2c2ccc(Br)cc2)cc1OC. The summed E-state index contributed by atoms with van der Waals surface area (Å²) in [4.78, 5) is 28.8. The molecule has 4 aromatic rings. The average molecular weight is 527 g/mol. The van der Waals surface area contributed by atoms with E-state index in [0.717, 1.165) is 4.47 Å². The number of hydrogen-bond donors (Lipinski definition) is 0. The van der Waals surface area contributed by atoms with Crippen LogP contribution >= 0.6 is 27.5 Å². The van der Waals surface area contributed by atoms with E-state index in [4.69, 9.17) is 25.5 Å². The van der Waals surface area contributed by atoms with Gasteiger partial charge < -0.3 is 13.9 Å². The lowest BCUT2D eigenvalue weighted by Gasteiger charge is -2.26. The molecule has 0 fully saturated rings. The number of nitrogens with zero attached hydrogens (tertiary/aromatic N) is 1. The Morgan fingerprint density at radius 1 is 0.939 bits per heavy atom. The molecule has 3 aromatic carbocycles. The van der Waals surface area contributed by atoms with Crippen LogP contribution in [-0.4, -0.2) is 20.1 Å². The van der Waals surface area contributed by atoms with E-state index < -0.39 is 11.9 Å². The summed E-state index contributed by atoms with van der Waals surface area (Å²) in [6.45, 7) is 0. The molecule has 1 atom stereocenters. The van der Waals surface area contributed by atoms with Crippen molar-refractivity contribution in [3.8, 4) is 11.5 Å². The van der Waals surface area contributed by atoms with E-state index >= 15 is 0 Å². The first-order valence-electron chi connectivity index (χ1n) is 10.00. The van der Waals surface area contributed by atoms with Crippen molar-refractivity contribution in [2.45, 2.75) is 6.04 Å². The topological polar surface area (TPSA) is 69.0 Å². The molecule has 0 radical (unpaired) electrons. The minimum absolute atomic E-state index is 0.0116. The number of methoxy groups -OCH3 is 2. The number of anilines is 1. The van der Waals surface area contributed by atoms with Crippen LogP contribution in [-0.2, 0) is 0 Å². The Labute approximate surface area is 202 Å². The number of benzene rings is 3. The van der Waals surface area contributed by atoms with Gasteiger partial charge in [0, 0.05) is 15.2 Å². The van der Waals surface area contributed by atoms with Gasteiger partial charge in [-0.05, 0) is 60.2 Å². The predicted molar refractivity (Wildman–Crippen MR) is 130 cm³/mol. The van der Waals surface area contributed by atoms with Gasteiger partial charge >= 0.3 is 0 Å². The molecule has 5 rings (SSSR count). The molecular formula is C25H17BrClNO5. The van der Waals surface area contributed by atoms with Gasteiger partial charge in [-0.1, -0.05) is 33.6 Å². The van der Waals surface area contributed by atoms with Crippen LogP contribution in [0.1, 0.15) is 27.7 Å². The number of carbonyl (C=O) groups is 1. The van der Waals surface area contributed by atoms with Gasteiger partial charge in [0.15, 0.2) is 16.9 Å². The molecule has 1 aliphatic rings. The molecule has 8 heteroatoms. The van der Waals surface area contributed by atoms with Gasteiger partial charge in [-0.15, -0.1) is 0 Å². The fourth-order valence-corrected chi connectivity index (χ4v) is 4.59. The highest BCUT2D eigenvalue weighted by Gasteiger charge is 2.44. The second-order valence-electron chi connectivity index (χ2n) is 7.48. The highest BCUT2D eigenvalue weighted by atomic mass is 79.9. The first-order chi connectivity index (χ1) is 15.9. The maximum atomic E-state index is 13.6. The zero-order chi connectivity index (χ0) is 23.3. The molecule has 6 nitrogen and oxygen atoms in total. The molecule has 1 amide bonds. The highest BCUT2D eigenvalue weighted by Crippen LogP contribution is 2.43. The minimum Gasteiger partial charge on any atom is -0.493 e. The predicted octanol–water partition coefficient (Wildman–Crippen LogP) is 5.98. The lowest BCUT2D eigenvalue weighted by Crippen LogP contribution is -2.29. The summed E-state index contributed by atoms with van der Waals surface area (Å²) in [5.41, 5.74) is 1.55. The fraction of sp³-hybridized carbons (Fsp3) is 0.120. The summed E-state index contributed by atoms with van der Waals surface area (Å²) in [7, 11) is 3.08. The van der Waals surface area contributed by atoms with Gasteiger partial charge in [0.05, 0.1) is 31.2 Å². The Morgan fingerprint density at radius 2 is 1.67 bits per heavy atom. The number of halogens is 2. The van der Waals surface area contributed by atoms with Crippen molar-refractivity contribution in [2.75, 3.05) is 19.1 Å². The van der Waals surface area contributed by atoms with Crippen LogP contribution in [0.3, 0.4) is 0 Å². The van der Waals surface area contributed by atoms with Gasteiger partial charge in [0.25, 0.3) is 5.91 Å². The summed E-state index contributed by atoms with van der Waals surface area (Å²) in [6, 6.07) is 16.7. The normalized spacial score (nSPS) is 15.1. The van der Waals surface area contributed by atoms with Crippen molar-refractivity contribution < 1.29 is 18.7 Å². The number of fused-ring (bicyclic) bond motifs is 2. The quantitative estimate of drug-likeness (QED) is 0.327. The van der Waals surface area contributed by atoms with Crippen molar-refractivity contribution in [2.24, 2.45) is 0 Å².